The molecule has 1 aliphatic carbocycles. The molecule has 112 valence electrons. The van der Waals surface area contributed by atoms with Crippen molar-refractivity contribution in [3.8, 4) is 0 Å². The first-order valence-electron chi connectivity index (χ1n) is 7.36. The van der Waals surface area contributed by atoms with Crippen LogP contribution in [0.25, 0.3) is 0 Å². The monoisotopic (exact) mass is 369 g/mol. The van der Waals surface area contributed by atoms with Crippen LogP contribution in [0.5, 0.6) is 0 Å². The summed E-state index contributed by atoms with van der Waals surface area (Å²) in [7, 11) is 0. The summed E-state index contributed by atoms with van der Waals surface area (Å²) in [6.45, 7) is 0. The van der Waals surface area contributed by atoms with Gasteiger partial charge in [0.1, 0.15) is 0 Å². The number of nitrogens with zero attached hydrogens (tertiary/aromatic N) is 1. The molecular weight excluding hydrogens is 354 g/mol. The largest absolute Gasteiger partial charge is 0.274 e. The van der Waals surface area contributed by atoms with E-state index in [4.69, 9.17) is 11.6 Å². The third-order valence-corrected chi connectivity index (χ3v) is 5.83. The van der Waals surface area contributed by atoms with Crippen LogP contribution in [-0.4, -0.2) is 11.8 Å². The predicted octanol–water partition coefficient (Wildman–Crippen LogP) is 4.71. The lowest BCUT2D eigenvalue weighted by Gasteiger charge is -2.25. The molecule has 1 aromatic rings. The Kier molecular flexibility index (Phi) is 4.10. The fraction of sp³-hybridized carbons (Fsp3) is 0.500. The molecule has 0 unspecified atom stereocenters. The van der Waals surface area contributed by atoms with Gasteiger partial charge in [-0.1, -0.05) is 37.3 Å². The summed E-state index contributed by atoms with van der Waals surface area (Å²) in [5, 5.41) is 0.571. The van der Waals surface area contributed by atoms with E-state index < -0.39 is 5.41 Å². The van der Waals surface area contributed by atoms with Crippen LogP contribution < -0.4 is 4.90 Å². The topological polar surface area (TPSA) is 37.4 Å². The van der Waals surface area contributed by atoms with Crippen molar-refractivity contribution in [2.45, 2.75) is 44.9 Å². The van der Waals surface area contributed by atoms with Gasteiger partial charge in [-0.25, -0.2) is 0 Å². The Morgan fingerprint density at radius 2 is 1.76 bits per heavy atom. The standard InChI is InChI=1S/C16H17BrClNO2/c17-12-9-11(5-6-13(12)18)19-14(20)10-16(15(19)21)7-3-1-2-4-8-16/h5-6,9H,1-4,7-8,10H2. The summed E-state index contributed by atoms with van der Waals surface area (Å²) in [4.78, 5) is 26.7. The molecular formula is C16H17BrClNO2. The fourth-order valence-corrected chi connectivity index (χ4v) is 3.96. The second kappa shape index (κ2) is 5.73. The van der Waals surface area contributed by atoms with E-state index in [1.807, 2.05) is 0 Å². The molecule has 0 N–H and O–H groups in total. The van der Waals surface area contributed by atoms with Crippen molar-refractivity contribution in [2.75, 3.05) is 4.90 Å². The van der Waals surface area contributed by atoms with Crippen molar-refractivity contribution in [3.05, 3.63) is 27.7 Å². The predicted molar refractivity (Wildman–Crippen MR) is 86.4 cm³/mol. The average molecular weight is 371 g/mol. The lowest BCUT2D eigenvalue weighted by molar-refractivity contribution is -0.126. The van der Waals surface area contributed by atoms with Crippen molar-refractivity contribution in [3.63, 3.8) is 0 Å². The zero-order valence-corrected chi connectivity index (χ0v) is 14.0. The number of carbonyl (C=O) groups excluding carboxylic acids is 2. The maximum absolute atomic E-state index is 12.9. The molecule has 3 nitrogen and oxygen atoms in total. The summed E-state index contributed by atoms with van der Waals surface area (Å²) >= 11 is 9.34. The highest BCUT2D eigenvalue weighted by Gasteiger charge is 2.51. The molecule has 1 spiro atoms. The van der Waals surface area contributed by atoms with Gasteiger partial charge in [-0.15, -0.1) is 0 Å². The Morgan fingerprint density at radius 1 is 1.10 bits per heavy atom. The Morgan fingerprint density at radius 3 is 2.38 bits per heavy atom. The highest BCUT2D eigenvalue weighted by molar-refractivity contribution is 9.10. The SMILES string of the molecule is O=C1CC2(CCCCCC2)C(=O)N1c1ccc(Cl)c(Br)c1. The number of hydrogen-bond acceptors (Lipinski definition) is 2. The van der Waals surface area contributed by atoms with Crippen LogP contribution in [0, 0.1) is 5.41 Å². The van der Waals surface area contributed by atoms with Crippen LogP contribution in [0.4, 0.5) is 5.69 Å². The minimum absolute atomic E-state index is 0.0244. The Labute approximate surface area is 137 Å². The third-order valence-electron chi connectivity index (χ3n) is 4.62. The molecule has 0 atom stereocenters. The van der Waals surface area contributed by atoms with Crippen LogP contribution in [0.15, 0.2) is 22.7 Å². The van der Waals surface area contributed by atoms with Gasteiger partial charge < -0.3 is 0 Å². The number of rotatable bonds is 1. The lowest BCUT2D eigenvalue weighted by Crippen LogP contribution is -2.35. The fourth-order valence-electron chi connectivity index (χ4n) is 3.48. The summed E-state index contributed by atoms with van der Waals surface area (Å²) < 4.78 is 0.698. The van der Waals surface area contributed by atoms with E-state index in [-0.39, 0.29) is 11.8 Å². The van der Waals surface area contributed by atoms with Gasteiger partial charge in [-0.2, -0.15) is 0 Å². The molecule has 0 aromatic heterocycles. The minimum Gasteiger partial charge on any atom is -0.274 e. The van der Waals surface area contributed by atoms with Crippen LogP contribution in [0.2, 0.25) is 5.02 Å². The van der Waals surface area contributed by atoms with Gasteiger partial charge in [-0.3, -0.25) is 14.5 Å². The number of benzene rings is 1. The molecule has 1 saturated carbocycles. The summed E-state index contributed by atoms with van der Waals surface area (Å²) in [6.07, 6.45) is 6.43. The molecule has 1 aromatic carbocycles. The van der Waals surface area contributed by atoms with E-state index in [1.54, 1.807) is 18.2 Å². The third kappa shape index (κ3) is 2.64. The van der Waals surface area contributed by atoms with Gasteiger partial charge in [0, 0.05) is 10.9 Å². The number of anilines is 1. The van der Waals surface area contributed by atoms with E-state index in [0.717, 1.165) is 38.5 Å². The highest BCUT2D eigenvalue weighted by atomic mass is 79.9. The van der Waals surface area contributed by atoms with E-state index in [1.165, 1.54) is 4.90 Å². The first kappa shape index (κ1) is 15.0. The first-order valence-corrected chi connectivity index (χ1v) is 8.53. The zero-order chi connectivity index (χ0) is 15.0. The van der Waals surface area contributed by atoms with Crippen molar-refractivity contribution in [1.29, 1.82) is 0 Å². The van der Waals surface area contributed by atoms with E-state index in [2.05, 4.69) is 15.9 Å². The van der Waals surface area contributed by atoms with Crippen LogP contribution in [0.3, 0.4) is 0 Å². The summed E-state index contributed by atoms with van der Waals surface area (Å²) in [5.74, 6) is -0.111. The number of hydrogen-bond donors (Lipinski definition) is 0. The molecule has 1 saturated heterocycles. The quantitative estimate of drug-likeness (QED) is 0.672. The molecule has 1 heterocycles. The Balaban J connectivity index is 1.94. The second-order valence-corrected chi connectivity index (χ2v) is 7.27. The van der Waals surface area contributed by atoms with Gasteiger partial charge in [0.2, 0.25) is 11.8 Å². The number of imide groups is 1. The van der Waals surface area contributed by atoms with Crippen molar-refractivity contribution in [1.82, 2.24) is 0 Å². The van der Waals surface area contributed by atoms with Crippen LogP contribution in [0.1, 0.15) is 44.9 Å². The lowest BCUT2D eigenvalue weighted by atomic mass is 9.79. The van der Waals surface area contributed by atoms with Crippen molar-refractivity contribution in [2.24, 2.45) is 5.41 Å². The van der Waals surface area contributed by atoms with Crippen molar-refractivity contribution >= 4 is 45.0 Å². The molecule has 5 heteroatoms. The minimum atomic E-state index is -0.459. The second-order valence-electron chi connectivity index (χ2n) is 6.00. The number of amides is 2. The van der Waals surface area contributed by atoms with E-state index >= 15 is 0 Å². The maximum atomic E-state index is 12.9. The van der Waals surface area contributed by atoms with Gasteiger partial charge in [0.05, 0.1) is 16.1 Å². The molecule has 2 aliphatic rings. The molecule has 2 fully saturated rings. The normalized spacial score (nSPS) is 21.9. The van der Waals surface area contributed by atoms with Crippen LogP contribution >= 0.6 is 27.5 Å². The van der Waals surface area contributed by atoms with Crippen molar-refractivity contribution < 1.29 is 9.59 Å². The highest BCUT2D eigenvalue weighted by Crippen LogP contribution is 2.46. The van der Waals surface area contributed by atoms with E-state index in [9.17, 15) is 9.59 Å². The first-order chi connectivity index (χ1) is 10.0. The molecule has 21 heavy (non-hydrogen) atoms. The summed E-state index contributed by atoms with van der Waals surface area (Å²) in [5.41, 5.74) is 0.155. The van der Waals surface area contributed by atoms with Gasteiger partial charge in [0.25, 0.3) is 0 Å². The van der Waals surface area contributed by atoms with Gasteiger partial charge >= 0.3 is 0 Å². The molecule has 2 amide bonds. The number of halogens is 2. The molecule has 1 aliphatic heterocycles. The smallest absolute Gasteiger partial charge is 0.240 e. The Bertz CT molecular complexity index is 594. The molecule has 3 rings (SSSR count). The zero-order valence-electron chi connectivity index (χ0n) is 11.7. The van der Waals surface area contributed by atoms with Gasteiger partial charge in [0.15, 0.2) is 0 Å². The van der Waals surface area contributed by atoms with E-state index in [0.29, 0.717) is 21.6 Å². The Hall–Kier alpha value is -0.870. The number of carbonyl (C=O) groups is 2. The average Bonchev–Trinajstić information content (AvgIpc) is 2.61. The molecule has 0 bridgehead atoms. The van der Waals surface area contributed by atoms with Gasteiger partial charge in [-0.05, 0) is 47.0 Å². The summed E-state index contributed by atoms with van der Waals surface area (Å²) in [6, 6.07) is 5.19. The molecule has 0 radical (unpaired) electrons. The maximum Gasteiger partial charge on any atom is 0.240 e. The van der Waals surface area contributed by atoms with Crippen LogP contribution in [-0.2, 0) is 9.59 Å².